The molecule has 1 aliphatic heterocycles. The van der Waals surface area contributed by atoms with Gasteiger partial charge in [-0.05, 0) is 44.5 Å². The highest BCUT2D eigenvalue weighted by Crippen LogP contribution is 2.23. The van der Waals surface area contributed by atoms with Crippen LogP contribution < -0.4 is 5.32 Å². The molecule has 2 N–H and O–H groups in total. The summed E-state index contributed by atoms with van der Waals surface area (Å²) in [4.78, 5) is 40.9. The van der Waals surface area contributed by atoms with Gasteiger partial charge < -0.3 is 25.0 Å². The molecule has 0 spiro atoms. The van der Waals surface area contributed by atoms with Crippen LogP contribution in [0, 0.1) is 0 Å². The second-order valence-electron chi connectivity index (χ2n) is 6.46. The third kappa shape index (κ3) is 4.97. The molecule has 0 radical (unpaired) electrons. The van der Waals surface area contributed by atoms with Crippen molar-refractivity contribution in [1.82, 2.24) is 15.1 Å². The van der Waals surface area contributed by atoms with E-state index in [0.29, 0.717) is 25.1 Å². The molecule has 3 amide bonds. The Morgan fingerprint density at radius 2 is 1.85 bits per heavy atom. The third-order valence-corrected chi connectivity index (χ3v) is 4.68. The Labute approximate surface area is 159 Å². The van der Waals surface area contributed by atoms with Crippen LogP contribution in [-0.2, 0) is 14.3 Å². The molecule has 8 heteroatoms. The summed E-state index contributed by atoms with van der Waals surface area (Å²) in [6, 6.07) is 4.95. The molecule has 27 heavy (non-hydrogen) atoms. The molecule has 148 valence electrons. The van der Waals surface area contributed by atoms with E-state index in [0.717, 1.165) is 0 Å². The normalized spacial score (nSPS) is 19.0. The molecule has 0 unspecified atom stereocenters. The number of carbonyl (C=O) groups is 3. The Kier molecular flexibility index (Phi) is 7.18. The minimum atomic E-state index is -0.640. The van der Waals surface area contributed by atoms with Gasteiger partial charge >= 0.3 is 0 Å². The van der Waals surface area contributed by atoms with Crippen molar-refractivity contribution in [3.63, 3.8) is 0 Å². The van der Waals surface area contributed by atoms with Crippen molar-refractivity contribution >= 4 is 17.7 Å². The van der Waals surface area contributed by atoms with Gasteiger partial charge in [-0.1, -0.05) is 0 Å². The first-order chi connectivity index (χ1) is 12.9. The van der Waals surface area contributed by atoms with Gasteiger partial charge in [-0.2, -0.15) is 0 Å². The number of rotatable bonds is 7. The fourth-order valence-electron chi connectivity index (χ4n) is 3.32. The van der Waals surface area contributed by atoms with Crippen LogP contribution in [0.4, 0.5) is 0 Å². The van der Waals surface area contributed by atoms with Gasteiger partial charge in [-0.25, -0.2) is 0 Å². The highest BCUT2D eigenvalue weighted by atomic mass is 16.5. The quantitative estimate of drug-likeness (QED) is 0.725. The van der Waals surface area contributed by atoms with Crippen molar-refractivity contribution < 1.29 is 24.2 Å². The maximum atomic E-state index is 13.0. The van der Waals surface area contributed by atoms with E-state index in [1.807, 2.05) is 13.8 Å². The maximum absolute atomic E-state index is 13.0. The topological polar surface area (TPSA) is 99.2 Å². The number of phenolic OH excluding ortho intramolecular Hbond substituents is 1. The molecular weight excluding hydrogens is 350 g/mol. The summed E-state index contributed by atoms with van der Waals surface area (Å²) < 4.78 is 4.82. The number of amides is 3. The molecule has 1 heterocycles. The van der Waals surface area contributed by atoms with E-state index in [4.69, 9.17) is 4.74 Å². The summed E-state index contributed by atoms with van der Waals surface area (Å²) >= 11 is 0. The predicted octanol–water partition coefficient (Wildman–Crippen LogP) is 0.606. The molecule has 0 aliphatic carbocycles. The van der Waals surface area contributed by atoms with Crippen molar-refractivity contribution in [1.29, 1.82) is 0 Å². The minimum Gasteiger partial charge on any atom is -0.508 e. The van der Waals surface area contributed by atoms with Crippen LogP contribution in [0.5, 0.6) is 5.75 Å². The van der Waals surface area contributed by atoms with E-state index < -0.39 is 6.04 Å². The van der Waals surface area contributed by atoms with Crippen molar-refractivity contribution in [3.05, 3.63) is 29.8 Å². The molecule has 0 aromatic heterocycles. The molecule has 0 bridgehead atoms. The highest BCUT2D eigenvalue weighted by Gasteiger charge is 2.41. The van der Waals surface area contributed by atoms with E-state index in [1.165, 1.54) is 36.3 Å². The third-order valence-electron chi connectivity index (χ3n) is 4.68. The molecular formula is C19H27N3O5. The lowest BCUT2D eigenvalue weighted by atomic mass is 10.1. The van der Waals surface area contributed by atoms with Crippen molar-refractivity contribution in [2.24, 2.45) is 0 Å². The van der Waals surface area contributed by atoms with Gasteiger partial charge in [0.15, 0.2) is 0 Å². The molecule has 1 aromatic carbocycles. The van der Waals surface area contributed by atoms with Crippen LogP contribution in [0.15, 0.2) is 24.3 Å². The van der Waals surface area contributed by atoms with Crippen LogP contribution in [0.3, 0.4) is 0 Å². The van der Waals surface area contributed by atoms with Crippen LogP contribution in [-0.4, -0.2) is 78.1 Å². The molecule has 1 aromatic rings. The average Bonchev–Trinajstić information content (AvgIpc) is 3.06. The molecule has 8 nitrogen and oxygen atoms in total. The lowest BCUT2D eigenvalue weighted by Gasteiger charge is -2.28. The molecule has 2 rings (SSSR count). The molecule has 1 fully saturated rings. The number of hydrogen-bond donors (Lipinski definition) is 2. The van der Waals surface area contributed by atoms with E-state index >= 15 is 0 Å². The fraction of sp³-hybridized carbons (Fsp3) is 0.526. The number of hydrogen-bond acceptors (Lipinski definition) is 5. The Hall–Kier alpha value is -2.61. The fourth-order valence-corrected chi connectivity index (χ4v) is 3.32. The van der Waals surface area contributed by atoms with Gasteiger partial charge in [0.25, 0.3) is 5.91 Å². The zero-order valence-electron chi connectivity index (χ0n) is 16.0. The standard InChI is InChI=1S/C19H27N3O5/c1-4-21(5-2)19(26)16-10-14(20-17(24)12-27-3)11-22(16)18(25)13-6-8-15(23)9-7-13/h6-9,14,16,23H,4-5,10-12H2,1-3H3,(H,20,24)/t14-,16+/m1/s1. The summed E-state index contributed by atoms with van der Waals surface area (Å²) in [5, 5.41) is 12.2. The van der Waals surface area contributed by atoms with E-state index in [2.05, 4.69) is 5.32 Å². The zero-order chi connectivity index (χ0) is 20.0. The average molecular weight is 377 g/mol. The van der Waals surface area contributed by atoms with Gasteiger partial charge in [0, 0.05) is 38.3 Å². The SMILES string of the molecule is CCN(CC)C(=O)[C@@H]1C[C@@H](NC(=O)COC)CN1C(=O)c1ccc(O)cc1. The summed E-state index contributed by atoms with van der Waals surface area (Å²) in [5.41, 5.74) is 0.383. The lowest BCUT2D eigenvalue weighted by Crippen LogP contribution is -2.47. The van der Waals surface area contributed by atoms with Gasteiger partial charge in [0.05, 0.1) is 0 Å². The van der Waals surface area contributed by atoms with Crippen molar-refractivity contribution in [3.8, 4) is 5.75 Å². The largest absolute Gasteiger partial charge is 0.508 e. The smallest absolute Gasteiger partial charge is 0.254 e. The number of carbonyl (C=O) groups excluding carboxylic acids is 3. The molecule has 1 aliphatic rings. The summed E-state index contributed by atoms with van der Waals surface area (Å²) in [6.45, 7) is 5.05. The Balaban J connectivity index is 2.23. The van der Waals surface area contributed by atoms with Crippen molar-refractivity contribution in [2.75, 3.05) is 33.4 Å². The summed E-state index contributed by atoms with van der Waals surface area (Å²) in [5.74, 6) is -0.650. The highest BCUT2D eigenvalue weighted by molar-refractivity contribution is 5.98. The summed E-state index contributed by atoms with van der Waals surface area (Å²) in [7, 11) is 1.43. The monoisotopic (exact) mass is 377 g/mol. The number of ether oxygens (including phenoxy) is 1. The molecule has 2 atom stereocenters. The molecule has 1 saturated heterocycles. The number of likely N-dealkylation sites (N-methyl/N-ethyl adjacent to an activating group) is 1. The molecule has 0 saturated carbocycles. The first kappa shape index (κ1) is 20.7. The number of nitrogens with one attached hydrogen (secondary N) is 1. The van der Waals surface area contributed by atoms with E-state index in [-0.39, 0.29) is 42.7 Å². The number of aromatic hydroxyl groups is 1. The number of methoxy groups -OCH3 is 1. The number of nitrogens with zero attached hydrogens (tertiary/aromatic N) is 2. The Bertz CT molecular complexity index is 672. The predicted molar refractivity (Wildman–Crippen MR) is 99.3 cm³/mol. The van der Waals surface area contributed by atoms with Crippen LogP contribution in [0.1, 0.15) is 30.6 Å². The van der Waals surface area contributed by atoms with Crippen LogP contribution in [0.25, 0.3) is 0 Å². The van der Waals surface area contributed by atoms with Gasteiger partial charge in [-0.3, -0.25) is 14.4 Å². The second kappa shape index (κ2) is 9.36. The number of phenols is 1. The minimum absolute atomic E-state index is 0.0634. The van der Waals surface area contributed by atoms with E-state index in [9.17, 15) is 19.5 Å². The van der Waals surface area contributed by atoms with Crippen LogP contribution in [0.2, 0.25) is 0 Å². The lowest BCUT2D eigenvalue weighted by molar-refractivity contribution is -0.135. The first-order valence-electron chi connectivity index (χ1n) is 9.08. The Morgan fingerprint density at radius 1 is 1.22 bits per heavy atom. The van der Waals surface area contributed by atoms with Crippen LogP contribution >= 0.6 is 0 Å². The Morgan fingerprint density at radius 3 is 2.41 bits per heavy atom. The van der Waals surface area contributed by atoms with Gasteiger partial charge in [-0.15, -0.1) is 0 Å². The number of benzene rings is 1. The second-order valence-corrected chi connectivity index (χ2v) is 6.46. The van der Waals surface area contributed by atoms with Gasteiger partial charge in [0.1, 0.15) is 18.4 Å². The van der Waals surface area contributed by atoms with Crippen molar-refractivity contribution in [2.45, 2.75) is 32.4 Å². The van der Waals surface area contributed by atoms with Gasteiger partial charge in [0.2, 0.25) is 11.8 Å². The number of likely N-dealkylation sites (tertiary alicyclic amines) is 1. The maximum Gasteiger partial charge on any atom is 0.254 e. The summed E-state index contributed by atoms with van der Waals surface area (Å²) in [6.07, 6.45) is 0.356. The van der Waals surface area contributed by atoms with E-state index in [1.54, 1.807) is 4.90 Å². The first-order valence-corrected chi connectivity index (χ1v) is 9.08. The zero-order valence-corrected chi connectivity index (χ0v) is 16.0.